The molecule has 32 heavy (non-hydrogen) atoms. The Morgan fingerprint density at radius 2 is 1.59 bits per heavy atom. The molecule has 2 amide bonds. The summed E-state index contributed by atoms with van der Waals surface area (Å²) >= 11 is 0. The molecule has 0 fully saturated rings. The van der Waals surface area contributed by atoms with E-state index >= 15 is 0 Å². The Hall–Kier alpha value is -3.92. The number of carbonyl (C=O) groups is 2. The van der Waals surface area contributed by atoms with Gasteiger partial charge in [0.2, 0.25) is 9.84 Å². The van der Waals surface area contributed by atoms with Crippen LogP contribution in [0, 0.1) is 19.7 Å². The Kier molecular flexibility index (Phi) is 6.17. The molecule has 0 radical (unpaired) electrons. The van der Waals surface area contributed by atoms with Crippen LogP contribution in [0.15, 0.2) is 64.4 Å². The molecule has 166 valence electrons. The van der Waals surface area contributed by atoms with Gasteiger partial charge in [0.25, 0.3) is 0 Å². The highest BCUT2D eigenvalue weighted by Crippen LogP contribution is 2.36. The minimum atomic E-state index is -4.14. The molecule has 0 heterocycles. The van der Waals surface area contributed by atoms with Crippen molar-refractivity contribution in [2.75, 3.05) is 5.32 Å². The lowest BCUT2D eigenvalue weighted by Crippen LogP contribution is -2.29. The van der Waals surface area contributed by atoms with E-state index in [1.807, 2.05) is 0 Å². The molecule has 3 rings (SSSR count). The highest BCUT2D eigenvalue weighted by molar-refractivity contribution is 7.91. The molecular formula is C22H19FN2O6S. The van der Waals surface area contributed by atoms with Crippen molar-refractivity contribution in [1.82, 2.24) is 0 Å². The number of hydrogen-bond donors (Lipinski definition) is 3. The fraction of sp³-hybridized carbons (Fsp3) is 0.0909. The van der Waals surface area contributed by atoms with Crippen molar-refractivity contribution in [3.05, 3.63) is 71.5 Å². The van der Waals surface area contributed by atoms with Gasteiger partial charge in [0.05, 0.1) is 4.90 Å². The third-order valence-electron chi connectivity index (χ3n) is 4.51. The Labute approximate surface area is 183 Å². The molecule has 0 spiro atoms. The van der Waals surface area contributed by atoms with Crippen molar-refractivity contribution < 1.29 is 32.2 Å². The number of benzene rings is 3. The van der Waals surface area contributed by atoms with E-state index in [0.29, 0.717) is 22.6 Å². The van der Waals surface area contributed by atoms with Crippen LogP contribution in [-0.2, 0) is 19.4 Å². The van der Waals surface area contributed by atoms with E-state index in [-0.39, 0.29) is 10.6 Å². The SMILES string of the molecule is Cc1cc(NC(=O)C(N)=O)cc(C)c1Oc1ccc(O)c(S(=O)(=O)c2ccc(F)cc2)c1. The first-order valence-corrected chi connectivity index (χ1v) is 10.7. The lowest BCUT2D eigenvalue weighted by atomic mass is 10.1. The van der Waals surface area contributed by atoms with Gasteiger partial charge in [-0.2, -0.15) is 0 Å². The first-order chi connectivity index (χ1) is 15.0. The summed E-state index contributed by atoms with van der Waals surface area (Å²) in [6, 6.07) is 11.1. The van der Waals surface area contributed by atoms with Crippen LogP contribution in [-0.4, -0.2) is 25.3 Å². The minimum absolute atomic E-state index is 0.128. The Balaban J connectivity index is 1.95. The van der Waals surface area contributed by atoms with E-state index in [9.17, 15) is 27.5 Å². The van der Waals surface area contributed by atoms with Gasteiger partial charge in [-0.15, -0.1) is 0 Å². The number of anilines is 1. The van der Waals surface area contributed by atoms with Crippen LogP contribution in [0.2, 0.25) is 0 Å². The molecular weight excluding hydrogens is 439 g/mol. The number of aryl methyl sites for hydroxylation is 2. The fourth-order valence-corrected chi connectivity index (χ4v) is 4.37. The van der Waals surface area contributed by atoms with Gasteiger partial charge in [0, 0.05) is 11.8 Å². The van der Waals surface area contributed by atoms with Gasteiger partial charge in [-0.05, 0) is 73.5 Å². The number of primary amides is 1. The molecule has 10 heteroatoms. The van der Waals surface area contributed by atoms with Gasteiger partial charge in [-0.25, -0.2) is 12.8 Å². The average molecular weight is 458 g/mol. The molecule has 3 aromatic carbocycles. The van der Waals surface area contributed by atoms with Crippen LogP contribution in [0.25, 0.3) is 0 Å². The third-order valence-corrected chi connectivity index (χ3v) is 6.31. The maximum atomic E-state index is 13.2. The van der Waals surface area contributed by atoms with Gasteiger partial charge < -0.3 is 20.9 Å². The number of hydrogen-bond acceptors (Lipinski definition) is 6. The fourth-order valence-electron chi connectivity index (χ4n) is 3.01. The summed E-state index contributed by atoms with van der Waals surface area (Å²) in [5.74, 6) is -2.65. The van der Waals surface area contributed by atoms with Gasteiger partial charge >= 0.3 is 11.8 Å². The number of halogens is 1. The number of rotatable bonds is 5. The Morgan fingerprint density at radius 1 is 1.00 bits per heavy atom. The molecule has 0 saturated carbocycles. The van der Waals surface area contributed by atoms with Crippen LogP contribution in [0.4, 0.5) is 10.1 Å². The number of carbonyl (C=O) groups excluding carboxylic acids is 2. The number of nitrogens with one attached hydrogen (secondary N) is 1. The van der Waals surface area contributed by atoms with Gasteiger partial charge in [-0.3, -0.25) is 9.59 Å². The number of sulfone groups is 1. The second kappa shape index (κ2) is 8.67. The van der Waals surface area contributed by atoms with E-state index in [4.69, 9.17) is 10.5 Å². The van der Waals surface area contributed by atoms with Gasteiger partial charge in [-0.1, -0.05) is 0 Å². The summed E-state index contributed by atoms with van der Waals surface area (Å²) in [5, 5.41) is 12.5. The number of amides is 2. The van der Waals surface area contributed by atoms with Crippen molar-refractivity contribution in [3.63, 3.8) is 0 Å². The normalized spacial score (nSPS) is 11.1. The van der Waals surface area contributed by atoms with Crippen molar-refractivity contribution in [2.45, 2.75) is 23.6 Å². The van der Waals surface area contributed by atoms with Crippen LogP contribution < -0.4 is 15.8 Å². The monoisotopic (exact) mass is 458 g/mol. The third kappa shape index (κ3) is 4.70. The second-order valence-corrected chi connectivity index (χ2v) is 8.86. The number of phenolic OH excluding ortho intramolecular Hbond substituents is 1. The van der Waals surface area contributed by atoms with Crippen molar-refractivity contribution >= 4 is 27.3 Å². The van der Waals surface area contributed by atoms with Crippen LogP contribution in [0.5, 0.6) is 17.2 Å². The van der Waals surface area contributed by atoms with Crippen molar-refractivity contribution in [1.29, 1.82) is 0 Å². The molecule has 0 aliphatic heterocycles. The zero-order valence-electron chi connectivity index (χ0n) is 17.0. The van der Waals surface area contributed by atoms with E-state index in [1.165, 1.54) is 12.1 Å². The largest absolute Gasteiger partial charge is 0.507 e. The predicted octanol–water partition coefficient (Wildman–Crippen LogP) is 3.20. The summed E-state index contributed by atoms with van der Waals surface area (Å²) in [6.07, 6.45) is 0. The van der Waals surface area contributed by atoms with E-state index in [2.05, 4.69) is 5.32 Å². The number of ether oxygens (including phenoxy) is 1. The lowest BCUT2D eigenvalue weighted by molar-refractivity contribution is -0.134. The highest BCUT2D eigenvalue weighted by atomic mass is 32.2. The van der Waals surface area contributed by atoms with Crippen molar-refractivity contribution in [3.8, 4) is 17.2 Å². The summed E-state index contributed by atoms with van der Waals surface area (Å²) < 4.78 is 44.8. The lowest BCUT2D eigenvalue weighted by Gasteiger charge is -2.15. The standard InChI is InChI=1S/C22H19FN2O6S/c1-12-9-15(25-22(28)21(24)27)10-13(2)20(12)31-16-5-8-18(26)19(11-16)32(29,30)17-6-3-14(23)4-7-17/h3-11,26H,1-2H3,(H2,24,27)(H,25,28). The smallest absolute Gasteiger partial charge is 0.313 e. The maximum absolute atomic E-state index is 13.2. The van der Waals surface area contributed by atoms with Crippen LogP contribution in [0.1, 0.15) is 11.1 Å². The molecule has 0 aliphatic carbocycles. The van der Waals surface area contributed by atoms with Crippen molar-refractivity contribution in [2.24, 2.45) is 5.73 Å². The first-order valence-electron chi connectivity index (χ1n) is 9.22. The van der Waals surface area contributed by atoms with Crippen LogP contribution in [0.3, 0.4) is 0 Å². The zero-order chi connectivity index (χ0) is 23.6. The number of aromatic hydroxyl groups is 1. The highest BCUT2D eigenvalue weighted by Gasteiger charge is 2.23. The number of nitrogens with two attached hydrogens (primary N) is 1. The van der Waals surface area contributed by atoms with Crippen LogP contribution >= 0.6 is 0 Å². The summed E-state index contributed by atoms with van der Waals surface area (Å²) in [6.45, 7) is 3.39. The topological polar surface area (TPSA) is 136 Å². The summed E-state index contributed by atoms with van der Waals surface area (Å²) in [4.78, 5) is 21.8. The number of phenols is 1. The minimum Gasteiger partial charge on any atom is -0.507 e. The Morgan fingerprint density at radius 3 is 2.16 bits per heavy atom. The molecule has 0 saturated heterocycles. The molecule has 3 aromatic rings. The quantitative estimate of drug-likeness (QED) is 0.397. The van der Waals surface area contributed by atoms with Gasteiger partial charge in [0.15, 0.2) is 0 Å². The maximum Gasteiger partial charge on any atom is 0.313 e. The average Bonchev–Trinajstić information content (AvgIpc) is 2.72. The first kappa shape index (κ1) is 22.8. The molecule has 0 aromatic heterocycles. The molecule has 0 atom stereocenters. The molecule has 0 bridgehead atoms. The van der Waals surface area contributed by atoms with E-state index < -0.39 is 38.1 Å². The van der Waals surface area contributed by atoms with E-state index in [1.54, 1.807) is 26.0 Å². The van der Waals surface area contributed by atoms with Gasteiger partial charge in [0.1, 0.15) is 28.0 Å². The second-order valence-electron chi connectivity index (χ2n) is 6.95. The summed E-state index contributed by atoms with van der Waals surface area (Å²) in [7, 11) is -4.14. The molecule has 4 N–H and O–H groups in total. The van der Waals surface area contributed by atoms with E-state index in [0.717, 1.165) is 30.3 Å². The molecule has 0 unspecified atom stereocenters. The molecule has 8 nitrogen and oxygen atoms in total. The Bertz CT molecular complexity index is 1300. The summed E-state index contributed by atoms with van der Waals surface area (Å²) in [5.41, 5.74) is 6.44. The predicted molar refractivity (Wildman–Crippen MR) is 114 cm³/mol. The molecule has 0 aliphatic rings. The zero-order valence-corrected chi connectivity index (χ0v) is 17.9.